The van der Waals surface area contributed by atoms with Crippen molar-refractivity contribution >= 4 is 5.69 Å². The van der Waals surface area contributed by atoms with Crippen LogP contribution in [0.1, 0.15) is 0 Å². The van der Waals surface area contributed by atoms with Gasteiger partial charge in [0.15, 0.2) is 11.6 Å². The molecule has 0 heterocycles. The number of hydrogen-bond acceptors (Lipinski definition) is 3. The van der Waals surface area contributed by atoms with Gasteiger partial charge in [-0.3, -0.25) is 0 Å². The van der Waals surface area contributed by atoms with Crippen LogP contribution in [0.2, 0.25) is 0 Å². The molecule has 0 radical (unpaired) electrons. The zero-order valence-corrected chi connectivity index (χ0v) is 8.58. The SMILES string of the molecule is COCN(C)c1ccc(OC)c(F)c1. The number of benzene rings is 1. The molecule has 1 aromatic rings. The summed E-state index contributed by atoms with van der Waals surface area (Å²) in [5.41, 5.74) is 0.755. The van der Waals surface area contributed by atoms with Gasteiger partial charge in [-0.15, -0.1) is 0 Å². The largest absolute Gasteiger partial charge is 0.494 e. The third-order valence-corrected chi connectivity index (χ3v) is 1.90. The molecule has 0 aliphatic carbocycles. The fraction of sp³-hybridized carbons (Fsp3) is 0.400. The Morgan fingerprint density at radius 2 is 2.07 bits per heavy atom. The van der Waals surface area contributed by atoms with E-state index in [0.717, 1.165) is 5.69 Å². The molecule has 0 spiro atoms. The number of hydrogen-bond donors (Lipinski definition) is 0. The average molecular weight is 199 g/mol. The second-order valence-electron chi connectivity index (χ2n) is 2.93. The van der Waals surface area contributed by atoms with Gasteiger partial charge in [-0.1, -0.05) is 0 Å². The minimum Gasteiger partial charge on any atom is -0.494 e. The zero-order chi connectivity index (χ0) is 10.6. The molecule has 0 unspecified atom stereocenters. The molecule has 1 aromatic carbocycles. The van der Waals surface area contributed by atoms with Gasteiger partial charge >= 0.3 is 0 Å². The average Bonchev–Trinajstić information content (AvgIpc) is 2.18. The van der Waals surface area contributed by atoms with Crippen molar-refractivity contribution in [3.05, 3.63) is 24.0 Å². The highest BCUT2D eigenvalue weighted by Crippen LogP contribution is 2.22. The van der Waals surface area contributed by atoms with Crippen LogP contribution in [0.4, 0.5) is 10.1 Å². The molecule has 3 nitrogen and oxygen atoms in total. The van der Waals surface area contributed by atoms with Crippen molar-refractivity contribution in [3.8, 4) is 5.75 Å². The summed E-state index contributed by atoms with van der Waals surface area (Å²) in [4.78, 5) is 1.79. The normalized spacial score (nSPS) is 10.0. The number of methoxy groups -OCH3 is 2. The van der Waals surface area contributed by atoms with Crippen molar-refractivity contribution in [2.24, 2.45) is 0 Å². The molecule has 0 aliphatic rings. The smallest absolute Gasteiger partial charge is 0.167 e. The van der Waals surface area contributed by atoms with Crippen LogP contribution in [-0.2, 0) is 4.74 Å². The molecule has 0 fully saturated rings. The van der Waals surface area contributed by atoms with Gasteiger partial charge in [0.1, 0.15) is 6.73 Å². The number of nitrogens with zero attached hydrogens (tertiary/aromatic N) is 1. The third kappa shape index (κ3) is 2.35. The second-order valence-corrected chi connectivity index (χ2v) is 2.93. The second kappa shape index (κ2) is 4.81. The van der Waals surface area contributed by atoms with Crippen molar-refractivity contribution in [3.63, 3.8) is 0 Å². The third-order valence-electron chi connectivity index (χ3n) is 1.90. The van der Waals surface area contributed by atoms with E-state index in [9.17, 15) is 4.39 Å². The molecule has 0 bridgehead atoms. The molecule has 78 valence electrons. The summed E-state index contributed by atoms with van der Waals surface area (Å²) in [7, 11) is 4.86. The molecule has 0 N–H and O–H groups in total. The van der Waals surface area contributed by atoms with E-state index in [2.05, 4.69) is 0 Å². The van der Waals surface area contributed by atoms with Gasteiger partial charge in [-0.2, -0.15) is 0 Å². The van der Waals surface area contributed by atoms with Crippen LogP contribution in [0.5, 0.6) is 5.75 Å². The fourth-order valence-corrected chi connectivity index (χ4v) is 1.16. The summed E-state index contributed by atoms with van der Waals surface area (Å²) in [6.07, 6.45) is 0. The number of ether oxygens (including phenoxy) is 2. The van der Waals surface area contributed by atoms with Crippen LogP contribution in [0.3, 0.4) is 0 Å². The lowest BCUT2D eigenvalue weighted by Gasteiger charge is -2.18. The summed E-state index contributed by atoms with van der Waals surface area (Å²) >= 11 is 0. The van der Waals surface area contributed by atoms with E-state index >= 15 is 0 Å². The van der Waals surface area contributed by atoms with E-state index < -0.39 is 0 Å². The van der Waals surface area contributed by atoms with Crippen LogP contribution in [0.25, 0.3) is 0 Å². The van der Waals surface area contributed by atoms with Crippen molar-refractivity contribution in [2.45, 2.75) is 0 Å². The lowest BCUT2D eigenvalue weighted by Crippen LogP contribution is -2.19. The Bertz CT molecular complexity index is 304. The number of anilines is 1. The number of halogens is 1. The van der Waals surface area contributed by atoms with Crippen LogP contribution in [0, 0.1) is 5.82 Å². The predicted octanol–water partition coefficient (Wildman–Crippen LogP) is 1.87. The highest BCUT2D eigenvalue weighted by molar-refractivity contribution is 5.48. The van der Waals surface area contributed by atoms with Crippen molar-refractivity contribution in [1.82, 2.24) is 0 Å². The van der Waals surface area contributed by atoms with E-state index in [1.54, 1.807) is 24.1 Å². The van der Waals surface area contributed by atoms with Crippen molar-refractivity contribution in [1.29, 1.82) is 0 Å². The molecule has 0 aromatic heterocycles. The molecule has 1 rings (SSSR count). The lowest BCUT2D eigenvalue weighted by atomic mass is 10.3. The van der Waals surface area contributed by atoms with E-state index in [1.165, 1.54) is 13.2 Å². The van der Waals surface area contributed by atoms with Crippen LogP contribution < -0.4 is 9.64 Å². The van der Waals surface area contributed by atoms with Crippen LogP contribution >= 0.6 is 0 Å². The standard InChI is InChI=1S/C10H14FNO2/c1-12(7-13-2)8-4-5-10(14-3)9(11)6-8/h4-6H,7H2,1-3H3. The Morgan fingerprint density at radius 3 is 2.57 bits per heavy atom. The van der Waals surface area contributed by atoms with E-state index in [4.69, 9.17) is 9.47 Å². The Labute approximate surface area is 83.0 Å². The molecular weight excluding hydrogens is 185 g/mol. The lowest BCUT2D eigenvalue weighted by molar-refractivity contribution is 0.202. The highest BCUT2D eigenvalue weighted by atomic mass is 19.1. The molecule has 0 saturated carbocycles. The van der Waals surface area contributed by atoms with E-state index in [-0.39, 0.29) is 11.6 Å². The maximum Gasteiger partial charge on any atom is 0.167 e. The molecule has 0 amide bonds. The van der Waals surface area contributed by atoms with Gasteiger partial charge in [0.2, 0.25) is 0 Å². The Kier molecular flexibility index (Phi) is 3.71. The van der Waals surface area contributed by atoms with E-state index in [0.29, 0.717) is 6.73 Å². The minimum atomic E-state index is -0.368. The summed E-state index contributed by atoms with van der Waals surface area (Å²) in [5, 5.41) is 0. The first kappa shape index (κ1) is 10.8. The summed E-state index contributed by atoms with van der Waals surface area (Å²) in [5.74, 6) is -0.118. The Hall–Kier alpha value is -1.29. The fourth-order valence-electron chi connectivity index (χ4n) is 1.16. The molecular formula is C10H14FNO2. The highest BCUT2D eigenvalue weighted by Gasteiger charge is 2.05. The zero-order valence-electron chi connectivity index (χ0n) is 8.58. The van der Waals surface area contributed by atoms with E-state index in [1.807, 2.05) is 7.05 Å². The first-order chi connectivity index (χ1) is 6.69. The van der Waals surface area contributed by atoms with Gasteiger partial charge < -0.3 is 14.4 Å². The molecule has 0 aliphatic heterocycles. The Morgan fingerprint density at radius 1 is 1.36 bits per heavy atom. The minimum absolute atomic E-state index is 0.250. The summed E-state index contributed by atoms with van der Waals surface area (Å²) in [6, 6.07) is 4.79. The first-order valence-corrected chi connectivity index (χ1v) is 4.22. The predicted molar refractivity (Wildman–Crippen MR) is 53.2 cm³/mol. The summed E-state index contributed by atoms with van der Waals surface area (Å²) < 4.78 is 23.0. The maximum absolute atomic E-state index is 13.3. The topological polar surface area (TPSA) is 21.7 Å². The Balaban J connectivity index is 2.85. The molecule has 0 atom stereocenters. The maximum atomic E-state index is 13.3. The van der Waals surface area contributed by atoms with Gasteiger partial charge in [-0.25, -0.2) is 4.39 Å². The van der Waals surface area contributed by atoms with Crippen molar-refractivity contribution < 1.29 is 13.9 Å². The molecule has 14 heavy (non-hydrogen) atoms. The van der Waals surface area contributed by atoms with Crippen molar-refractivity contribution in [2.75, 3.05) is 32.9 Å². The van der Waals surface area contributed by atoms with Gasteiger partial charge in [0.25, 0.3) is 0 Å². The number of rotatable bonds is 4. The molecule has 0 saturated heterocycles. The van der Waals surface area contributed by atoms with Gasteiger partial charge in [-0.05, 0) is 12.1 Å². The van der Waals surface area contributed by atoms with Crippen LogP contribution in [-0.4, -0.2) is 28.0 Å². The van der Waals surface area contributed by atoms with Crippen LogP contribution in [0.15, 0.2) is 18.2 Å². The first-order valence-electron chi connectivity index (χ1n) is 4.22. The van der Waals surface area contributed by atoms with Gasteiger partial charge in [0, 0.05) is 25.9 Å². The van der Waals surface area contributed by atoms with Gasteiger partial charge in [0.05, 0.1) is 7.11 Å². The molecule has 4 heteroatoms. The monoisotopic (exact) mass is 199 g/mol. The quantitative estimate of drug-likeness (QED) is 0.691. The summed E-state index contributed by atoms with van der Waals surface area (Å²) in [6.45, 7) is 0.422.